The smallest absolute Gasteiger partial charge is 0.350 e. The molecule has 7 nitrogen and oxygen atoms in total. The van der Waals surface area contributed by atoms with Crippen molar-refractivity contribution in [2.24, 2.45) is 0 Å². The average Bonchev–Trinajstić information content (AvgIpc) is 2.91. The fourth-order valence-electron chi connectivity index (χ4n) is 2.33. The summed E-state index contributed by atoms with van der Waals surface area (Å²) in [6, 6.07) is 5.21. The van der Waals surface area contributed by atoms with E-state index in [-0.39, 0.29) is 5.57 Å². The Labute approximate surface area is 149 Å². The summed E-state index contributed by atoms with van der Waals surface area (Å²) >= 11 is 6.28. The number of nitrogens with one attached hydrogen (secondary N) is 1. The van der Waals surface area contributed by atoms with Crippen LogP contribution in [0.5, 0.6) is 0 Å². The van der Waals surface area contributed by atoms with Crippen molar-refractivity contribution in [3.8, 4) is 5.69 Å². The number of esters is 2. The SMILES string of the molecule is Cc1cnn(-c2c(Cl)cccc2NC=C2C(=O)OC(C)(C)OC2=O)c1. The van der Waals surface area contributed by atoms with Crippen LogP contribution >= 0.6 is 11.6 Å². The van der Waals surface area contributed by atoms with E-state index in [0.717, 1.165) is 5.56 Å². The molecule has 0 amide bonds. The summed E-state index contributed by atoms with van der Waals surface area (Å²) in [5, 5.41) is 7.61. The number of carbonyl (C=O) groups is 2. The molecule has 2 heterocycles. The molecule has 0 unspecified atom stereocenters. The van der Waals surface area contributed by atoms with Crippen molar-refractivity contribution in [2.75, 3.05) is 5.32 Å². The van der Waals surface area contributed by atoms with E-state index in [1.54, 1.807) is 29.1 Å². The lowest BCUT2D eigenvalue weighted by Crippen LogP contribution is -2.42. The van der Waals surface area contributed by atoms with E-state index >= 15 is 0 Å². The largest absolute Gasteiger partial charge is 0.419 e. The highest BCUT2D eigenvalue weighted by Gasteiger charge is 2.39. The molecule has 8 heteroatoms. The van der Waals surface area contributed by atoms with Crippen molar-refractivity contribution in [2.45, 2.75) is 26.6 Å². The average molecular weight is 362 g/mol. The second kappa shape index (κ2) is 6.25. The molecule has 130 valence electrons. The maximum Gasteiger partial charge on any atom is 0.350 e. The molecule has 0 saturated carbocycles. The van der Waals surface area contributed by atoms with E-state index < -0.39 is 17.7 Å². The summed E-state index contributed by atoms with van der Waals surface area (Å²) in [7, 11) is 0. The standard InChI is InChI=1S/C17H16ClN3O4/c1-10-7-20-21(9-10)14-12(18)5-4-6-13(14)19-8-11-15(22)24-17(2,3)25-16(11)23/h4-9,19H,1-3H3. The van der Waals surface area contributed by atoms with Gasteiger partial charge in [-0.15, -0.1) is 0 Å². The Hall–Kier alpha value is -2.80. The van der Waals surface area contributed by atoms with E-state index in [4.69, 9.17) is 21.1 Å². The van der Waals surface area contributed by atoms with Crippen molar-refractivity contribution in [1.82, 2.24) is 9.78 Å². The van der Waals surface area contributed by atoms with Gasteiger partial charge in [0.1, 0.15) is 5.69 Å². The number of carbonyl (C=O) groups excluding carboxylic acids is 2. The zero-order chi connectivity index (χ0) is 18.2. The first-order chi connectivity index (χ1) is 11.8. The van der Waals surface area contributed by atoms with E-state index in [0.29, 0.717) is 16.4 Å². The second-order valence-electron chi connectivity index (χ2n) is 5.98. The lowest BCUT2D eigenvalue weighted by molar-refractivity contribution is -0.222. The van der Waals surface area contributed by atoms with Crippen LogP contribution in [0.1, 0.15) is 19.4 Å². The highest BCUT2D eigenvalue weighted by atomic mass is 35.5. The lowest BCUT2D eigenvalue weighted by atomic mass is 10.2. The fourth-order valence-corrected chi connectivity index (χ4v) is 2.59. The van der Waals surface area contributed by atoms with E-state index in [2.05, 4.69) is 10.4 Å². The minimum Gasteiger partial charge on any atom is -0.419 e. The van der Waals surface area contributed by atoms with Gasteiger partial charge in [0, 0.05) is 26.2 Å². The van der Waals surface area contributed by atoms with Gasteiger partial charge < -0.3 is 14.8 Å². The highest BCUT2D eigenvalue weighted by Crippen LogP contribution is 2.29. The number of hydrogen-bond donors (Lipinski definition) is 1. The topological polar surface area (TPSA) is 82.5 Å². The predicted molar refractivity (Wildman–Crippen MR) is 91.3 cm³/mol. The molecular weight excluding hydrogens is 346 g/mol. The van der Waals surface area contributed by atoms with Crippen LogP contribution in [-0.2, 0) is 19.1 Å². The van der Waals surface area contributed by atoms with Crippen LogP contribution in [0.4, 0.5) is 5.69 Å². The van der Waals surface area contributed by atoms with Crippen molar-refractivity contribution >= 4 is 29.2 Å². The summed E-state index contributed by atoms with van der Waals surface area (Å²) in [6.07, 6.45) is 4.75. The molecule has 1 aromatic heterocycles. The third kappa shape index (κ3) is 3.51. The Morgan fingerprint density at radius 1 is 1.24 bits per heavy atom. The molecule has 25 heavy (non-hydrogen) atoms. The highest BCUT2D eigenvalue weighted by molar-refractivity contribution is 6.33. The normalized spacial score (nSPS) is 16.2. The Bertz CT molecular complexity index is 864. The number of para-hydroxylation sites is 1. The number of cyclic esters (lactones) is 2. The summed E-state index contributed by atoms with van der Waals surface area (Å²) in [5.41, 5.74) is 1.88. The van der Waals surface area contributed by atoms with Crippen LogP contribution in [0, 0.1) is 6.92 Å². The van der Waals surface area contributed by atoms with Gasteiger partial charge in [0.15, 0.2) is 5.57 Å². The van der Waals surface area contributed by atoms with Crippen molar-refractivity contribution in [1.29, 1.82) is 0 Å². The van der Waals surface area contributed by atoms with Crippen molar-refractivity contribution in [3.63, 3.8) is 0 Å². The van der Waals surface area contributed by atoms with Crippen LogP contribution in [0.25, 0.3) is 5.69 Å². The number of aryl methyl sites for hydroxylation is 1. The Kier molecular flexibility index (Phi) is 4.26. The molecule has 0 aliphatic carbocycles. The Morgan fingerprint density at radius 3 is 2.52 bits per heavy atom. The van der Waals surface area contributed by atoms with Crippen molar-refractivity contribution < 1.29 is 19.1 Å². The third-order valence-corrected chi connectivity index (χ3v) is 3.72. The van der Waals surface area contributed by atoms with Gasteiger partial charge >= 0.3 is 11.9 Å². The first-order valence-electron chi connectivity index (χ1n) is 7.50. The molecule has 1 N–H and O–H groups in total. The van der Waals surface area contributed by atoms with Gasteiger partial charge in [0.05, 0.1) is 16.9 Å². The zero-order valence-electron chi connectivity index (χ0n) is 13.9. The van der Waals surface area contributed by atoms with Gasteiger partial charge in [-0.25, -0.2) is 14.3 Å². The van der Waals surface area contributed by atoms with Gasteiger partial charge in [-0.2, -0.15) is 5.10 Å². The van der Waals surface area contributed by atoms with Crippen LogP contribution in [0.3, 0.4) is 0 Å². The first kappa shape index (κ1) is 17.0. The number of rotatable bonds is 3. The number of nitrogens with zero attached hydrogens (tertiary/aromatic N) is 2. The van der Waals surface area contributed by atoms with Gasteiger partial charge in [-0.3, -0.25) is 0 Å². The second-order valence-corrected chi connectivity index (χ2v) is 6.39. The zero-order valence-corrected chi connectivity index (χ0v) is 14.6. The number of ether oxygens (including phenoxy) is 2. The number of benzene rings is 1. The van der Waals surface area contributed by atoms with Crippen molar-refractivity contribution in [3.05, 3.63) is 53.0 Å². The van der Waals surface area contributed by atoms with Crippen LogP contribution in [0.15, 0.2) is 42.4 Å². The summed E-state index contributed by atoms with van der Waals surface area (Å²) < 4.78 is 11.7. The van der Waals surface area contributed by atoms with E-state index in [9.17, 15) is 9.59 Å². The molecule has 2 aromatic rings. The molecule has 1 fully saturated rings. The molecule has 3 rings (SSSR count). The molecule has 1 aliphatic rings. The molecule has 1 aliphatic heterocycles. The van der Waals surface area contributed by atoms with Crippen LogP contribution < -0.4 is 5.32 Å². The number of halogens is 1. The van der Waals surface area contributed by atoms with Crippen LogP contribution in [0.2, 0.25) is 5.02 Å². The van der Waals surface area contributed by atoms with Gasteiger partial charge in [-0.1, -0.05) is 17.7 Å². The monoisotopic (exact) mass is 361 g/mol. The molecule has 1 saturated heterocycles. The predicted octanol–water partition coefficient (Wildman–Crippen LogP) is 2.97. The number of hydrogen-bond acceptors (Lipinski definition) is 6. The first-order valence-corrected chi connectivity index (χ1v) is 7.88. The minimum absolute atomic E-state index is 0.234. The molecule has 0 spiro atoms. The van der Waals surface area contributed by atoms with E-state index in [1.165, 1.54) is 20.0 Å². The van der Waals surface area contributed by atoms with Gasteiger partial charge in [0.25, 0.3) is 5.79 Å². The van der Waals surface area contributed by atoms with E-state index in [1.807, 2.05) is 13.1 Å². The minimum atomic E-state index is -1.28. The van der Waals surface area contributed by atoms with Gasteiger partial charge in [0.2, 0.25) is 0 Å². The van der Waals surface area contributed by atoms with Gasteiger partial charge in [-0.05, 0) is 24.6 Å². The quantitative estimate of drug-likeness (QED) is 0.514. The maximum atomic E-state index is 12.0. The lowest BCUT2D eigenvalue weighted by Gasteiger charge is -2.29. The Morgan fingerprint density at radius 2 is 1.92 bits per heavy atom. The molecular formula is C17H16ClN3O4. The number of aromatic nitrogens is 2. The molecule has 0 radical (unpaired) electrons. The third-order valence-electron chi connectivity index (χ3n) is 3.42. The number of anilines is 1. The molecule has 0 atom stereocenters. The Balaban J connectivity index is 1.93. The van der Waals surface area contributed by atoms with Crippen LogP contribution in [-0.4, -0.2) is 27.5 Å². The fraction of sp³-hybridized carbons (Fsp3) is 0.235. The molecule has 0 bridgehead atoms. The summed E-state index contributed by atoms with van der Waals surface area (Å²) in [5.74, 6) is -2.79. The summed E-state index contributed by atoms with van der Waals surface area (Å²) in [6.45, 7) is 4.88. The summed E-state index contributed by atoms with van der Waals surface area (Å²) in [4.78, 5) is 24.0. The maximum absolute atomic E-state index is 12.0. The molecule has 1 aromatic carbocycles.